The molecular weight excluding hydrogens is 427 g/mol. The molecule has 0 aliphatic heterocycles. The van der Waals surface area contributed by atoms with E-state index in [4.69, 9.17) is 4.98 Å². The second-order valence-electron chi connectivity index (χ2n) is 10.7. The van der Waals surface area contributed by atoms with E-state index in [9.17, 15) is 23.4 Å². The first-order valence-electron chi connectivity index (χ1n) is 12.2. The van der Waals surface area contributed by atoms with Crippen LogP contribution >= 0.6 is 0 Å². The topological polar surface area (TPSA) is 53.4 Å². The summed E-state index contributed by atoms with van der Waals surface area (Å²) in [5, 5.41) is 22.5. The minimum atomic E-state index is -4.37. The average Bonchev–Trinajstić information content (AvgIpc) is 3.48. The first-order valence-corrected chi connectivity index (χ1v) is 12.2. The van der Waals surface area contributed by atoms with Crippen LogP contribution in [0.3, 0.4) is 0 Å². The van der Waals surface area contributed by atoms with E-state index in [1.54, 1.807) is 12.1 Å². The lowest BCUT2D eigenvalue weighted by molar-refractivity contribution is -0.137. The summed E-state index contributed by atoms with van der Waals surface area (Å²) in [5.41, 5.74) is 4.66. The Morgan fingerprint density at radius 2 is 1.61 bits per heavy atom. The molecule has 1 saturated carbocycles. The number of fused-ring (bicyclic) bond motifs is 3. The van der Waals surface area contributed by atoms with E-state index in [1.165, 1.54) is 0 Å². The van der Waals surface area contributed by atoms with Crippen molar-refractivity contribution in [3.05, 3.63) is 63.5 Å². The predicted octanol–water partition coefficient (Wildman–Crippen LogP) is 6.72. The number of rotatable bonds is 2. The van der Waals surface area contributed by atoms with Gasteiger partial charge in [-0.1, -0.05) is 38.8 Å². The lowest BCUT2D eigenvalue weighted by Crippen LogP contribution is -2.27. The molecular formula is C27H32F3NO2. The summed E-state index contributed by atoms with van der Waals surface area (Å²) in [6, 6.07) is 5.45. The van der Waals surface area contributed by atoms with Gasteiger partial charge in [-0.2, -0.15) is 13.2 Å². The molecule has 0 amide bonds. The molecule has 33 heavy (non-hydrogen) atoms. The van der Waals surface area contributed by atoms with Gasteiger partial charge in [0.15, 0.2) is 0 Å². The molecule has 1 aromatic heterocycles. The minimum Gasteiger partial charge on any atom is -0.388 e. The van der Waals surface area contributed by atoms with Gasteiger partial charge in [-0.3, -0.25) is 4.98 Å². The Bertz CT molecular complexity index is 1040. The van der Waals surface area contributed by atoms with Gasteiger partial charge in [0.05, 0.1) is 17.8 Å². The minimum absolute atomic E-state index is 0.0989. The number of pyridine rings is 1. The highest BCUT2D eigenvalue weighted by molar-refractivity contribution is 5.51. The number of halogens is 3. The fourth-order valence-electron chi connectivity index (χ4n) is 6.09. The van der Waals surface area contributed by atoms with Crippen LogP contribution in [0.15, 0.2) is 24.3 Å². The number of alkyl halides is 3. The van der Waals surface area contributed by atoms with Crippen molar-refractivity contribution in [1.82, 2.24) is 4.98 Å². The van der Waals surface area contributed by atoms with Gasteiger partial charge in [-0.15, -0.1) is 0 Å². The highest BCUT2D eigenvalue weighted by Gasteiger charge is 2.50. The van der Waals surface area contributed by atoms with E-state index in [1.807, 2.05) is 0 Å². The molecule has 1 aromatic carbocycles. The maximum atomic E-state index is 13.2. The average molecular weight is 460 g/mol. The first-order chi connectivity index (χ1) is 15.6. The monoisotopic (exact) mass is 459 g/mol. The third-order valence-corrected chi connectivity index (χ3v) is 7.97. The molecule has 3 unspecified atom stereocenters. The fraction of sp³-hybridized carbons (Fsp3) is 0.593. The Balaban J connectivity index is 1.71. The summed E-state index contributed by atoms with van der Waals surface area (Å²) in [4.78, 5) is 5.10. The van der Waals surface area contributed by atoms with E-state index in [2.05, 4.69) is 13.8 Å². The van der Waals surface area contributed by atoms with Crippen molar-refractivity contribution >= 4 is 0 Å². The van der Waals surface area contributed by atoms with Crippen molar-refractivity contribution < 1.29 is 23.4 Å². The van der Waals surface area contributed by atoms with Crippen molar-refractivity contribution in [2.75, 3.05) is 0 Å². The maximum absolute atomic E-state index is 13.2. The van der Waals surface area contributed by atoms with Gasteiger partial charge in [-0.05, 0) is 78.7 Å². The highest BCUT2D eigenvalue weighted by Crippen LogP contribution is 2.59. The van der Waals surface area contributed by atoms with Crippen LogP contribution in [0.25, 0.3) is 0 Å². The number of hydrogen-bond donors (Lipinski definition) is 2. The van der Waals surface area contributed by atoms with Gasteiger partial charge >= 0.3 is 6.18 Å². The molecule has 3 aliphatic carbocycles. The molecule has 3 aliphatic rings. The second kappa shape index (κ2) is 8.09. The fourth-order valence-corrected chi connectivity index (χ4v) is 6.09. The molecule has 1 heterocycles. The Morgan fingerprint density at radius 1 is 0.939 bits per heavy atom. The van der Waals surface area contributed by atoms with Crippen molar-refractivity contribution in [2.45, 2.75) is 95.4 Å². The van der Waals surface area contributed by atoms with E-state index in [0.29, 0.717) is 12.8 Å². The van der Waals surface area contributed by atoms with Crippen LogP contribution in [0.2, 0.25) is 0 Å². The largest absolute Gasteiger partial charge is 0.416 e. The molecule has 2 aromatic rings. The quantitative estimate of drug-likeness (QED) is 0.524. The van der Waals surface area contributed by atoms with Gasteiger partial charge in [0.1, 0.15) is 0 Å². The SMILES string of the molecule is CC(C)c1nc2c(c3c1C(c1ccc(C(F)(F)F)cc1)CCCCC3O)C(O)CC1(CC1)C2. The summed E-state index contributed by atoms with van der Waals surface area (Å²) < 4.78 is 39.5. The molecule has 1 spiro atoms. The van der Waals surface area contributed by atoms with Crippen LogP contribution in [0.5, 0.6) is 0 Å². The van der Waals surface area contributed by atoms with Crippen molar-refractivity contribution in [3.63, 3.8) is 0 Å². The Morgan fingerprint density at radius 3 is 2.21 bits per heavy atom. The molecule has 0 bridgehead atoms. The van der Waals surface area contributed by atoms with E-state index < -0.39 is 23.9 Å². The van der Waals surface area contributed by atoms with Gasteiger partial charge in [0, 0.05) is 22.9 Å². The molecule has 5 rings (SSSR count). The molecule has 0 saturated heterocycles. The van der Waals surface area contributed by atoms with Gasteiger partial charge < -0.3 is 10.2 Å². The summed E-state index contributed by atoms with van der Waals surface area (Å²) in [7, 11) is 0. The Hall–Kier alpha value is -1.92. The molecule has 6 heteroatoms. The first kappa shape index (κ1) is 22.9. The van der Waals surface area contributed by atoms with Crippen LogP contribution in [-0.4, -0.2) is 15.2 Å². The van der Waals surface area contributed by atoms with Crippen LogP contribution in [0.4, 0.5) is 13.2 Å². The Labute approximate surface area is 193 Å². The van der Waals surface area contributed by atoms with Crippen LogP contribution in [0, 0.1) is 5.41 Å². The number of benzene rings is 1. The third kappa shape index (κ3) is 4.10. The zero-order valence-corrected chi connectivity index (χ0v) is 19.3. The molecule has 178 valence electrons. The number of nitrogens with zero attached hydrogens (tertiary/aromatic N) is 1. The van der Waals surface area contributed by atoms with Crippen LogP contribution in [-0.2, 0) is 12.6 Å². The molecule has 2 N–H and O–H groups in total. The number of aliphatic hydroxyl groups excluding tert-OH is 2. The smallest absolute Gasteiger partial charge is 0.388 e. The highest BCUT2D eigenvalue weighted by atomic mass is 19.4. The zero-order chi connectivity index (χ0) is 23.5. The second-order valence-corrected chi connectivity index (χ2v) is 10.7. The number of aliphatic hydroxyl groups is 2. The van der Waals surface area contributed by atoms with E-state index in [0.717, 1.165) is 84.3 Å². The zero-order valence-electron chi connectivity index (χ0n) is 19.3. The predicted molar refractivity (Wildman–Crippen MR) is 120 cm³/mol. The van der Waals surface area contributed by atoms with Crippen LogP contribution in [0.1, 0.15) is 122 Å². The number of aromatic nitrogens is 1. The van der Waals surface area contributed by atoms with Gasteiger partial charge in [-0.25, -0.2) is 0 Å². The third-order valence-electron chi connectivity index (χ3n) is 7.97. The Kier molecular flexibility index (Phi) is 5.60. The maximum Gasteiger partial charge on any atom is 0.416 e. The van der Waals surface area contributed by atoms with Crippen LogP contribution < -0.4 is 0 Å². The van der Waals surface area contributed by atoms with Crippen molar-refractivity contribution in [1.29, 1.82) is 0 Å². The molecule has 3 atom stereocenters. The summed E-state index contributed by atoms with van der Waals surface area (Å²) >= 11 is 0. The molecule has 0 radical (unpaired) electrons. The van der Waals surface area contributed by atoms with Crippen molar-refractivity contribution in [3.8, 4) is 0 Å². The normalized spacial score (nSPS) is 26.5. The summed E-state index contributed by atoms with van der Waals surface area (Å²) in [6.07, 6.45) is 1.15. The molecule has 1 fully saturated rings. The lowest BCUT2D eigenvalue weighted by atomic mass is 9.72. The van der Waals surface area contributed by atoms with Gasteiger partial charge in [0.2, 0.25) is 0 Å². The van der Waals surface area contributed by atoms with Crippen molar-refractivity contribution in [2.24, 2.45) is 5.41 Å². The summed E-state index contributed by atoms with van der Waals surface area (Å²) in [5.74, 6) is -0.0571. The summed E-state index contributed by atoms with van der Waals surface area (Å²) in [6.45, 7) is 4.16. The standard InChI is InChI=1S/C27H32F3NO2/c1-15(2)25-22-18(16-7-9-17(10-8-16)27(28,29)30)5-3-4-6-20(32)24(22)23-19(31-25)13-26(11-12-26)14-21(23)33/h7-10,15,18,20-21,32-33H,3-6,11-14H2,1-2H3. The van der Waals surface area contributed by atoms with E-state index in [-0.39, 0.29) is 17.3 Å². The number of hydrogen-bond acceptors (Lipinski definition) is 3. The molecule has 3 nitrogen and oxygen atoms in total. The van der Waals surface area contributed by atoms with E-state index >= 15 is 0 Å². The lowest BCUT2D eigenvalue weighted by Gasteiger charge is -2.37. The van der Waals surface area contributed by atoms with Gasteiger partial charge in [0.25, 0.3) is 0 Å².